The van der Waals surface area contributed by atoms with Crippen molar-refractivity contribution in [2.45, 2.75) is 77.2 Å². The standard InChI is InChI=1S/C21H28F4O/c1-13-3-5-14(6-4-13)15-7-9-16(10-8-15)17-11-18(22)20(19(23)12-17)26-21(2,24)25/h11-16H,3-10H2,1-2H3. The zero-order valence-corrected chi connectivity index (χ0v) is 15.5. The van der Waals surface area contributed by atoms with Gasteiger partial charge < -0.3 is 4.74 Å². The second-order valence-corrected chi connectivity index (χ2v) is 8.36. The van der Waals surface area contributed by atoms with Crippen molar-refractivity contribution in [3.63, 3.8) is 0 Å². The number of ether oxygens (including phenoxy) is 1. The van der Waals surface area contributed by atoms with Crippen LogP contribution in [0.2, 0.25) is 0 Å². The third-order valence-corrected chi connectivity index (χ3v) is 6.27. The molecule has 26 heavy (non-hydrogen) atoms. The molecule has 1 aromatic carbocycles. The number of hydrogen-bond donors (Lipinski definition) is 0. The lowest BCUT2D eigenvalue weighted by molar-refractivity contribution is -0.162. The maximum Gasteiger partial charge on any atom is 0.395 e. The highest BCUT2D eigenvalue weighted by atomic mass is 19.3. The van der Waals surface area contributed by atoms with Crippen LogP contribution >= 0.6 is 0 Å². The van der Waals surface area contributed by atoms with Gasteiger partial charge in [0.15, 0.2) is 17.4 Å². The van der Waals surface area contributed by atoms with Crippen LogP contribution in [0.5, 0.6) is 5.75 Å². The van der Waals surface area contributed by atoms with E-state index in [9.17, 15) is 17.6 Å². The lowest BCUT2D eigenvalue weighted by atomic mass is 9.68. The number of rotatable bonds is 4. The Morgan fingerprint density at radius 2 is 1.31 bits per heavy atom. The molecule has 0 aromatic heterocycles. The Morgan fingerprint density at radius 3 is 1.77 bits per heavy atom. The van der Waals surface area contributed by atoms with Gasteiger partial charge in [0.25, 0.3) is 0 Å². The molecule has 1 aromatic rings. The second kappa shape index (κ2) is 7.77. The highest BCUT2D eigenvalue weighted by Crippen LogP contribution is 2.44. The third-order valence-electron chi connectivity index (χ3n) is 6.27. The summed E-state index contributed by atoms with van der Waals surface area (Å²) < 4.78 is 58.2. The van der Waals surface area contributed by atoms with Crippen molar-refractivity contribution >= 4 is 0 Å². The van der Waals surface area contributed by atoms with E-state index in [1.165, 1.54) is 25.7 Å². The first kappa shape index (κ1) is 19.5. The summed E-state index contributed by atoms with van der Waals surface area (Å²) in [6.45, 7) is 2.78. The molecule has 0 radical (unpaired) electrons. The van der Waals surface area contributed by atoms with Gasteiger partial charge >= 0.3 is 6.11 Å². The Kier molecular flexibility index (Phi) is 5.83. The Hall–Kier alpha value is -1.26. The predicted octanol–water partition coefficient (Wildman–Crippen LogP) is 7.06. The van der Waals surface area contributed by atoms with E-state index in [2.05, 4.69) is 11.7 Å². The van der Waals surface area contributed by atoms with Gasteiger partial charge in [0.05, 0.1) is 0 Å². The second-order valence-electron chi connectivity index (χ2n) is 8.36. The lowest BCUT2D eigenvalue weighted by Gasteiger charge is -2.37. The molecule has 0 atom stereocenters. The van der Waals surface area contributed by atoms with Gasteiger partial charge in [-0.1, -0.05) is 19.8 Å². The first-order chi connectivity index (χ1) is 12.2. The SMILES string of the molecule is CC1CCC(C2CCC(c3cc(F)c(OC(C)(F)F)c(F)c3)CC2)CC1. The summed E-state index contributed by atoms with van der Waals surface area (Å²) in [6.07, 6.45) is 5.58. The van der Waals surface area contributed by atoms with Gasteiger partial charge in [0.2, 0.25) is 0 Å². The molecule has 2 saturated carbocycles. The van der Waals surface area contributed by atoms with E-state index in [1.54, 1.807) is 0 Å². The fourth-order valence-electron chi connectivity index (χ4n) is 4.77. The summed E-state index contributed by atoms with van der Waals surface area (Å²) in [7, 11) is 0. The zero-order chi connectivity index (χ0) is 18.9. The molecule has 0 bridgehead atoms. The summed E-state index contributed by atoms with van der Waals surface area (Å²) >= 11 is 0. The number of alkyl halides is 2. The molecule has 2 fully saturated rings. The Balaban J connectivity index is 1.62. The molecule has 0 aliphatic heterocycles. The number of benzene rings is 1. The smallest absolute Gasteiger partial charge is 0.395 e. The van der Waals surface area contributed by atoms with Crippen molar-refractivity contribution in [2.75, 3.05) is 0 Å². The number of halogens is 4. The highest BCUT2D eigenvalue weighted by molar-refractivity contribution is 5.33. The van der Waals surface area contributed by atoms with Crippen LogP contribution in [0.3, 0.4) is 0 Å². The monoisotopic (exact) mass is 372 g/mol. The molecule has 2 aliphatic rings. The van der Waals surface area contributed by atoms with Crippen molar-refractivity contribution < 1.29 is 22.3 Å². The van der Waals surface area contributed by atoms with E-state index >= 15 is 0 Å². The maximum absolute atomic E-state index is 14.1. The fourth-order valence-corrected chi connectivity index (χ4v) is 4.77. The van der Waals surface area contributed by atoms with E-state index < -0.39 is 23.5 Å². The molecule has 0 amide bonds. The van der Waals surface area contributed by atoms with Gasteiger partial charge in [0, 0.05) is 6.92 Å². The summed E-state index contributed by atoms with van der Waals surface area (Å²) in [5.41, 5.74) is 0.558. The summed E-state index contributed by atoms with van der Waals surface area (Å²) in [5, 5.41) is 0. The largest absolute Gasteiger partial charge is 0.426 e. The first-order valence-corrected chi connectivity index (χ1v) is 9.78. The molecule has 5 heteroatoms. The van der Waals surface area contributed by atoms with Crippen molar-refractivity contribution in [3.05, 3.63) is 29.3 Å². The van der Waals surface area contributed by atoms with Crippen molar-refractivity contribution in [3.8, 4) is 5.75 Å². The molecule has 0 heterocycles. The van der Waals surface area contributed by atoms with Crippen LogP contribution in [-0.2, 0) is 0 Å². The summed E-state index contributed by atoms with van der Waals surface area (Å²) in [4.78, 5) is 0. The van der Waals surface area contributed by atoms with E-state index in [1.807, 2.05) is 0 Å². The van der Waals surface area contributed by atoms with Gasteiger partial charge in [-0.3, -0.25) is 0 Å². The van der Waals surface area contributed by atoms with Crippen LogP contribution in [0.1, 0.15) is 76.7 Å². The average molecular weight is 372 g/mol. The molecule has 1 nitrogen and oxygen atoms in total. The predicted molar refractivity (Wildman–Crippen MR) is 93.4 cm³/mol. The molecule has 0 spiro atoms. The minimum absolute atomic E-state index is 0.0916. The highest BCUT2D eigenvalue weighted by Gasteiger charge is 2.32. The first-order valence-electron chi connectivity index (χ1n) is 9.78. The Morgan fingerprint density at radius 1 is 0.846 bits per heavy atom. The van der Waals surface area contributed by atoms with Crippen molar-refractivity contribution in [1.82, 2.24) is 0 Å². The quantitative estimate of drug-likeness (QED) is 0.514. The molecule has 0 N–H and O–H groups in total. The van der Waals surface area contributed by atoms with Gasteiger partial charge in [-0.15, -0.1) is 0 Å². The van der Waals surface area contributed by atoms with Crippen LogP contribution in [0.15, 0.2) is 12.1 Å². The van der Waals surface area contributed by atoms with Crippen LogP contribution < -0.4 is 4.74 Å². The molecular formula is C21H28F4O. The Labute approximate surface area is 153 Å². The lowest BCUT2D eigenvalue weighted by Crippen LogP contribution is -2.25. The number of hydrogen-bond acceptors (Lipinski definition) is 1. The van der Waals surface area contributed by atoms with E-state index in [0.717, 1.165) is 55.6 Å². The molecular weight excluding hydrogens is 344 g/mol. The van der Waals surface area contributed by atoms with Gasteiger partial charge in [-0.2, -0.15) is 8.78 Å². The fraction of sp³-hybridized carbons (Fsp3) is 0.714. The molecule has 3 rings (SSSR count). The van der Waals surface area contributed by atoms with E-state index in [4.69, 9.17) is 0 Å². The summed E-state index contributed by atoms with van der Waals surface area (Å²) in [6, 6.07) is 2.33. The van der Waals surface area contributed by atoms with Crippen LogP contribution in [0.25, 0.3) is 0 Å². The minimum Gasteiger partial charge on any atom is -0.426 e. The zero-order valence-electron chi connectivity index (χ0n) is 15.5. The van der Waals surface area contributed by atoms with Crippen molar-refractivity contribution in [2.24, 2.45) is 17.8 Å². The van der Waals surface area contributed by atoms with Gasteiger partial charge in [0.1, 0.15) is 0 Å². The summed E-state index contributed by atoms with van der Waals surface area (Å²) in [5.74, 6) is -0.655. The van der Waals surface area contributed by atoms with Crippen LogP contribution in [0.4, 0.5) is 17.6 Å². The van der Waals surface area contributed by atoms with E-state index in [0.29, 0.717) is 12.5 Å². The molecule has 0 unspecified atom stereocenters. The van der Waals surface area contributed by atoms with Gasteiger partial charge in [-0.25, -0.2) is 8.78 Å². The molecule has 146 valence electrons. The maximum atomic E-state index is 14.1. The topological polar surface area (TPSA) is 9.23 Å². The minimum atomic E-state index is -3.61. The Bertz CT molecular complexity index is 586. The molecule has 0 saturated heterocycles. The van der Waals surface area contributed by atoms with Crippen molar-refractivity contribution in [1.29, 1.82) is 0 Å². The average Bonchev–Trinajstić information content (AvgIpc) is 2.58. The molecule has 2 aliphatic carbocycles. The van der Waals surface area contributed by atoms with E-state index in [-0.39, 0.29) is 5.92 Å². The van der Waals surface area contributed by atoms with Crippen LogP contribution in [-0.4, -0.2) is 6.11 Å². The third kappa shape index (κ3) is 4.72. The van der Waals surface area contributed by atoms with Crippen LogP contribution in [0, 0.1) is 29.4 Å². The van der Waals surface area contributed by atoms with Gasteiger partial charge in [-0.05, 0) is 79.9 Å². The normalized spacial score (nSPS) is 30.2.